The van der Waals surface area contributed by atoms with E-state index in [0.717, 1.165) is 5.56 Å². The fourth-order valence-corrected chi connectivity index (χ4v) is 1.43. The number of halogens is 1. The van der Waals surface area contributed by atoms with E-state index < -0.39 is 5.97 Å². The van der Waals surface area contributed by atoms with Crippen molar-refractivity contribution in [2.24, 2.45) is 0 Å². The van der Waals surface area contributed by atoms with Gasteiger partial charge in [0.05, 0.1) is 6.20 Å². The summed E-state index contributed by atoms with van der Waals surface area (Å²) in [5, 5.41) is 8.64. The van der Waals surface area contributed by atoms with Gasteiger partial charge in [0.25, 0.3) is 0 Å². The van der Waals surface area contributed by atoms with Crippen molar-refractivity contribution in [3.63, 3.8) is 0 Å². The maximum Gasteiger partial charge on any atom is 0.373 e. The summed E-state index contributed by atoms with van der Waals surface area (Å²) in [6.07, 6.45) is 2.29. The third kappa shape index (κ3) is 2.90. The van der Waals surface area contributed by atoms with E-state index in [4.69, 9.17) is 9.52 Å². The van der Waals surface area contributed by atoms with E-state index in [0.29, 0.717) is 18.7 Å². The van der Waals surface area contributed by atoms with Crippen molar-refractivity contribution in [2.75, 3.05) is 0 Å². The normalized spacial score (nSPS) is 10.4. The summed E-state index contributed by atoms with van der Waals surface area (Å²) >= 11 is 0. The molecule has 0 aliphatic rings. The standard InChI is InChI=1S/C12H10FNO3/c13-9-4-1-8(2-5-9)3-6-11-14-7-10(17-11)12(15)16/h1-2,4-5,7H,3,6H2,(H,15,16). The molecule has 2 rings (SSSR count). The minimum Gasteiger partial charge on any atom is -0.475 e. The van der Waals surface area contributed by atoms with Gasteiger partial charge in [0.1, 0.15) is 5.82 Å². The Morgan fingerprint density at radius 2 is 2.00 bits per heavy atom. The SMILES string of the molecule is O=C(O)c1cnc(CCc2ccc(F)cc2)o1. The number of benzene rings is 1. The Morgan fingerprint density at radius 3 is 2.59 bits per heavy atom. The monoisotopic (exact) mass is 235 g/mol. The number of rotatable bonds is 4. The van der Waals surface area contributed by atoms with E-state index in [1.165, 1.54) is 18.3 Å². The third-order valence-corrected chi connectivity index (χ3v) is 2.31. The average molecular weight is 235 g/mol. The van der Waals surface area contributed by atoms with Crippen LogP contribution in [0.1, 0.15) is 22.0 Å². The quantitative estimate of drug-likeness (QED) is 0.883. The number of carboxylic acids is 1. The second-order valence-electron chi connectivity index (χ2n) is 3.55. The molecule has 0 saturated carbocycles. The van der Waals surface area contributed by atoms with Gasteiger partial charge in [-0.2, -0.15) is 0 Å². The summed E-state index contributed by atoms with van der Waals surface area (Å²) in [6.45, 7) is 0. The number of carboxylic acid groups (broad SMARTS) is 1. The van der Waals surface area contributed by atoms with Gasteiger partial charge in [0.2, 0.25) is 5.76 Å². The van der Waals surface area contributed by atoms with Crippen LogP contribution < -0.4 is 0 Å². The molecule has 0 aliphatic heterocycles. The lowest BCUT2D eigenvalue weighted by molar-refractivity contribution is 0.0660. The zero-order valence-electron chi connectivity index (χ0n) is 8.89. The molecule has 1 aromatic carbocycles. The summed E-state index contributed by atoms with van der Waals surface area (Å²) in [5.74, 6) is -1.21. The molecular formula is C12H10FNO3. The smallest absolute Gasteiger partial charge is 0.373 e. The number of hydrogen-bond acceptors (Lipinski definition) is 3. The van der Waals surface area contributed by atoms with Crippen molar-refractivity contribution in [1.82, 2.24) is 4.98 Å². The molecule has 0 atom stereocenters. The number of hydrogen-bond donors (Lipinski definition) is 1. The number of carbonyl (C=O) groups is 1. The molecule has 88 valence electrons. The molecule has 1 N–H and O–H groups in total. The van der Waals surface area contributed by atoms with Gasteiger partial charge in [-0.25, -0.2) is 14.2 Å². The molecule has 1 heterocycles. The summed E-state index contributed by atoms with van der Waals surface area (Å²) in [5.41, 5.74) is 0.946. The largest absolute Gasteiger partial charge is 0.475 e. The van der Waals surface area contributed by atoms with Crippen molar-refractivity contribution in [3.05, 3.63) is 53.5 Å². The Morgan fingerprint density at radius 1 is 1.29 bits per heavy atom. The first-order valence-corrected chi connectivity index (χ1v) is 5.07. The van der Waals surface area contributed by atoms with E-state index in [2.05, 4.69) is 4.98 Å². The van der Waals surface area contributed by atoms with Crippen molar-refractivity contribution >= 4 is 5.97 Å². The molecule has 0 aliphatic carbocycles. The number of nitrogens with zero attached hydrogens (tertiary/aromatic N) is 1. The number of oxazole rings is 1. The van der Waals surface area contributed by atoms with Crippen molar-refractivity contribution in [2.45, 2.75) is 12.8 Å². The molecule has 5 heteroatoms. The van der Waals surface area contributed by atoms with Crippen LogP contribution in [0.4, 0.5) is 4.39 Å². The van der Waals surface area contributed by atoms with Gasteiger partial charge in [0, 0.05) is 6.42 Å². The summed E-state index contributed by atoms with van der Waals surface area (Å²) in [7, 11) is 0. The second kappa shape index (κ2) is 4.78. The van der Waals surface area contributed by atoms with Crippen molar-refractivity contribution < 1.29 is 18.7 Å². The molecule has 0 unspecified atom stereocenters. The minimum atomic E-state index is -1.13. The molecule has 0 saturated heterocycles. The van der Waals surface area contributed by atoms with Crippen molar-refractivity contribution in [1.29, 1.82) is 0 Å². The van der Waals surface area contributed by atoms with Crippen molar-refractivity contribution in [3.8, 4) is 0 Å². The van der Waals surface area contributed by atoms with Crippen LogP contribution in [0.15, 0.2) is 34.9 Å². The summed E-state index contributed by atoms with van der Waals surface area (Å²) < 4.78 is 17.7. The predicted octanol–water partition coefficient (Wildman–Crippen LogP) is 2.30. The number of aromatic nitrogens is 1. The highest BCUT2D eigenvalue weighted by atomic mass is 19.1. The molecule has 0 fully saturated rings. The first-order valence-electron chi connectivity index (χ1n) is 5.07. The van der Waals surface area contributed by atoms with Gasteiger partial charge in [-0.15, -0.1) is 0 Å². The zero-order valence-corrected chi connectivity index (χ0v) is 8.89. The molecular weight excluding hydrogens is 225 g/mol. The van der Waals surface area contributed by atoms with Gasteiger partial charge < -0.3 is 9.52 Å². The second-order valence-corrected chi connectivity index (χ2v) is 3.55. The van der Waals surface area contributed by atoms with Gasteiger partial charge in [-0.1, -0.05) is 12.1 Å². The highest BCUT2D eigenvalue weighted by molar-refractivity contribution is 5.83. The van der Waals surface area contributed by atoms with Gasteiger partial charge in [-0.3, -0.25) is 0 Å². The molecule has 2 aromatic rings. The maximum absolute atomic E-state index is 12.6. The fourth-order valence-electron chi connectivity index (χ4n) is 1.43. The van der Waals surface area contributed by atoms with Crippen LogP contribution in [0.5, 0.6) is 0 Å². The Labute approximate surface area is 96.7 Å². The third-order valence-electron chi connectivity index (χ3n) is 2.31. The maximum atomic E-state index is 12.6. The first kappa shape index (κ1) is 11.3. The Bertz CT molecular complexity index is 519. The molecule has 0 amide bonds. The van der Waals surface area contributed by atoms with Gasteiger partial charge in [-0.05, 0) is 24.1 Å². The van der Waals surface area contributed by atoms with E-state index in [-0.39, 0.29) is 11.6 Å². The van der Waals surface area contributed by atoms with E-state index in [9.17, 15) is 9.18 Å². The van der Waals surface area contributed by atoms with Crippen LogP contribution in [0.2, 0.25) is 0 Å². The molecule has 0 bridgehead atoms. The molecule has 0 spiro atoms. The molecule has 17 heavy (non-hydrogen) atoms. The van der Waals surface area contributed by atoms with Gasteiger partial charge >= 0.3 is 5.97 Å². The van der Waals surface area contributed by atoms with E-state index in [1.807, 2.05) is 0 Å². The Kier molecular flexibility index (Phi) is 3.18. The average Bonchev–Trinajstić information content (AvgIpc) is 2.77. The van der Waals surface area contributed by atoms with Crippen LogP contribution in [0.3, 0.4) is 0 Å². The Hall–Kier alpha value is -2.17. The summed E-state index contributed by atoms with van der Waals surface area (Å²) in [4.78, 5) is 14.4. The van der Waals surface area contributed by atoms with Crippen LogP contribution in [-0.4, -0.2) is 16.1 Å². The van der Waals surface area contributed by atoms with Crippen LogP contribution in [0, 0.1) is 5.82 Å². The van der Waals surface area contributed by atoms with Gasteiger partial charge in [0.15, 0.2) is 5.89 Å². The van der Waals surface area contributed by atoms with Crippen LogP contribution in [-0.2, 0) is 12.8 Å². The fraction of sp³-hybridized carbons (Fsp3) is 0.167. The lowest BCUT2D eigenvalue weighted by Gasteiger charge is -1.98. The van der Waals surface area contributed by atoms with E-state index >= 15 is 0 Å². The lowest BCUT2D eigenvalue weighted by Crippen LogP contribution is -1.93. The number of aromatic carboxylic acids is 1. The molecule has 1 aromatic heterocycles. The summed E-state index contributed by atoms with van der Waals surface area (Å²) in [6, 6.07) is 6.12. The van der Waals surface area contributed by atoms with Crippen LogP contribution >= 0.6 is 0 Å². The predicted molar refractivity (Wildman–Crippen MR) is 57.3 cm³/mol. The minimum absolute atomic E-state index is 0.167. The zero-order chi connectivity index (χ0) is 12.3. The van der Waals surface area contributed by atoms with E-state index in [1.54, 1.807) is 12.1 Å². The molecule has 0 radical (unpaired) electrons. The highest BCUT2D eigenvalue weighted by Crippen LogP contribution is 2.09. The lowest BCUT2D eigenvalue weighted by atomic mass is 10.1. The Balaban J connectivity index is 1.97. The topological polar surface area (TPSA) is 63.3 Å². The van der Waals surface area contributed by atoms with Crippen LogP contribution in [0.25, 0.3) is 0 Å². The highest BCUT2D eigenvalue weighted by Gasteiger charge is 2.10. The number of aryl methyl sites for hydroxylation is 2. The first-order chi connectivity index (χ1) is 8.15. The molecule has 4 nitrogen and oxygen atoms in total.